The van der Waals surface area contributed by atoms with Crippen molar-refractivity contribution in [2.75, 3.05) is 51.0 Å². The Morgan fingerprint density at radius 2 is 1.62 bits per heavy atom. The minimum atomic E-state index is -2.06. The van der Waals surface area contributed by atoms with Gasteiger partial charge in [-0.05, 0) is 42.4 Å². The first-order valence-corrected chi connectivity index (χ1v) is 24.1. The zero-order valence-corrected chi connectivity index (χ0v) is 32.4. The van der Waals surface area contributed by atoms with Crippen molar-refractivity contribution in [1.29, 1.82) is 0 Å². The standard InChI is InChI=1S/C35H51ClFN3O6Si2/c1-35(2,3)48(7,8)46-28-21-44-32-27(20-43-33(28)32)45-34-29(37)31-26(40(34)22-42-17-18-47(4,5)6)19-25(36)30(38-31)23-9-11-24(12-10-23)39-13-15-41-16-14-39/h9-12,19,27-28,32-33H,13-18,20-22H2,1-8H3/t27-,28-,32-,33-/m1/s1. The summed E-state index contributed by atoms with van der Waals surface area (Å²) in [5.74, 6) is -0.509. The van der Waals surface area contributed by atoms with Gasteiger partial charge in [-0.15, -0.1) is 0 Å². The van der Waals surface area contributed by atoms with Crippen molar-refractivity contribution in [2.45, 2.75) is 95.7 Å². The fourth-order valence-electron chi connectivity index (χ4n) is 6.14. The van der Waals surface area contributed by atoms with Crippen LogP contribution in [-0.4, -0.2) is 96.5 Å². The van der Waals surface area contributed by atoms with Gasteiger partial charge in [0.05, 0.1) is 48.8 Å². The van der Waals surface area contributed by atoms with Crippen LogP contribution in [0.1, 0.15) is 20.8 Å². The van der Waals surface area contributed by atoms with Crippen LogP contribution in [0.25, 0.3) is 22.3 Å². The van der Waals surface area contributed by atoms with Gasteiger partial charge in [0.15, 0.2) is 14.4 Å². The zero-order valence-electron chi connectivity index (χ0n) is 29.6. The van der Waals surface area contributed by atoms with E-state index in [1.54, 1.807) is 10.6 Å². The summed E-state index contributed by atoms with van der Waals surface area (Å²) in [6, 6.07) is 10.8. The number of fused-ring (bicyclic) bond motifs is 2. The molecule has 3 aliphatic heterocycles. The number of anilines is 1. The molecule has 9 nitrogen and oxygen atoms in total. The molecule has 13 heteroatoms. The Morgan fingerprint density at radius 3 is 2.27 bits per heavy atom. The predicted octanol–water partition coefficient (Wildman–Crippen LogP) is 7.58. The summed E-state index contributed by atoms with van der Waals surface area (Å²) < 4.78 is 55.4. The van der Waals surface area contributed by atoms with Gasteiger partial charge >= 0.3 is 0 Å². The number of halogens is 2. The van der Waals surface area contributed by atoms with Crippen LogP contribution in [0.15, 0.2) is 30.3 Å². The average Bonchev–Trinajstić information content (AvgIpc) is 3.68. The van der Waals surface area contributed by atoms with Crippen molar-refractivity contribution in [3.05, 3.63) is 41.2 Å². The van der Waals surface area contributed by atoms with Crippen LogP contribution in [0.2, 0.25) is 48.8 Å². The quantitative estimate of drug-likeness (QED) is 0.148. The van der Waals surface area contributed by atoms with Gasteiger partial charge < -0.3 is 33.0 Å². The molecule has 0 bridgehead atoms. The van der Waals surface area contributed by atoms with E-state index in [-0.39, 0.29) is 48.1 Å². The number of aromatic nitrogens is 2. The normalized spacial score (nSPS) is 23.7. The molecule has 0 aliphatic carbocycles. The van der Waals surface area contributed by atoms with Crippen LogP contribution < -0.4 is 9.64 Å². The Hall–Kier alpha value is -2.04. The predicted molar refractivity (Wildman–Crippen MR) is 193 cm³/mol. The van der Waals surface area contributed by atoms with E-state index in [1.165, 1.54) is 0 Å². The molecule has 0 saturated carbocycles. The first-order valence-electron chi connectivity index (χ1n) is 17.1. The van der Waals surface area contributed by atoms with Gasteiger partial charge in [-0.2, -0.15) is 4.39 Å². The third-order valence-corrected chi connectivity index (χ3v) is 16.6. The molecule has 0 spiro atoms. The Balaban J connectivity index is 1.28. The van der Waals surface area contributed by atoms with Crippen molar-refractivity contribution in [1.82, 2.24) is 9.55 Å². The lowest BCUT2D eigenvalue weighted by Crippen LogP contribution is -2.47. The lowest BCUT2D eigenvalue weighted by Gasteiger charge is -2.39. The van der Waals surface area contributed by atoms with Crippen molar-refractivity contribution in [2.24, 2.45) is 0 Å². The van der Waals surface area contributed by atoms with E-state index in [0.717, 1.165) is 30.4 Å². The lowest BCUT2D eigenvalue weighted by atomic mass is 10.1. The molecule has 2 aromatic heterocycles. The van der Waals surface area contributed by atoms with Crippen molar-refractivity contribution < 1.29 is 32.5 Å². The summed E-state index contributed by atoms with van der Waals surface area (Å²) in [5.41, 5.74) is 3.10. The number of nitrogens with zero attached hydrogens (tertiary/aromatic N) is 3. The minimum Gasteiger partial charge on any atom is -0.468 e. The largest absolute Gasteiger partial charge is 0.468 e. The minimum absolute atomic E-state index is 0.0491. The van der Waals surface area contributed by atoms with Crippen LogP contribution in [0.4, 0.5) is 10.1 Å². The Labute approximate surface area is 291 Å². The average molecular weight is 720 g/mol. The molecule has 0 N–H and O–H groups in total. The molecule has 0 radical (unpaired) electrons. The topological polar surface area (TPSA) is 76.4 Å². The van der Waals surface area contributed by atoms with E-state index in [0.29, 0.717) is 42.7 Å². The highest BCUT2D eigenvalue weighted by Gasteiger charge is 2.52. The number of rotatable bonds is 11. The monoisotopic (exact) mass is 719 g/mol. The number of hydrogen-bond acceptors (Lipinski definition) is 8. The molecule has 3 saturated heterocycles. The smallest absolute Gasteiger partial charge is 0.235 e. The maximum atomic E-state index is 16.5. The molecule has 6 rings (SSSR count). The maximum Gasteiger partial charge on any atom is 0.235 e. The number of hydrogen-bond donors (Lipinski definition) is 0. The summed E-state index contributed by atoms with van der Waals surface area (Å²) in [5, 5.41) is 0.472. The van der Waals surface area contributed by atoms with Gasteiger partial charge in [0.1, 0.15) is 24.5 Å². The Bertz CT molecular complexity index is 1590. The van der Waals surface area contributed by atoms with Gasteiger partial charge in [-0.3, -0.25) is 4.57 Å². The molecule has 3 aromatic rings. The molecule has 264 valence electrons. The highest BCUT2D eigenvalue weighted by molar-refractivity contribution is 6.76. The fraction of sp³-hybridized carbons (Fsp3) is 0.629. The molecular formula is C35H51ClFN3O6Si2. The van der Waals surface area contributed by atoms with E-state index in [1.807, 2.05) is 24.3 Å². The third-order valence-electron chi connectivity index (χ3n) is 10.1. The molecule has 5 heterocycles. The van der Waals surface area contributed by atoms with Gasteiger partial charge in [0.2, 0.25) is 11.7 Å². The second-order valence-electron chi connectivity index (χ2n) is 15.9. The zero-order chi connectivity index (χ0) is 34.4. The SMILES string of the molecule is CC(C)(C)[Si](C)(C)O[C@@H]1CO[C@H]2[C@@H]1OC[C@H]2Oc1c(F)c2nc(-c3ccc(N4CCOCC4)cc3)c(Cl)cc2n1COCC[Si](C)(C)C. The fourth-order valence-corrected chi connectivity index (χ4v) is 8.46. The van der Waals surface area contributed by atoms with Crippen molar-refractivity contribution >= 4 is 44.7 Å². The summed E-state index contributed by atoms with van der Waals surface area (Å²) in [7, 11) is -3.39. The first-order chi connectivity index (χ1) is 22.6. The second-order valence-corrected chi connectivity index (χ2v) is 26.7. The first kappa shape index (κ1) is 35.8. The van der Waals surface area contributed by atoms with Crippen LogP contribution in [0.5, 0.6) is 5.88 Å². The maximum absolute atomic E-state index is 16.5. The Morgan fingerprint density at radius 1 is 0.979 bits per heavy atom. The molecule has 3 fully saturated rings. The summed E-state index contributed by atoms with van der Waals surface area (Å²) in [6.45, 7) is 22.4. The van der Waals surface area contributed by atoms with Crippen molar-refractivity contribution in [3.63, 3.8) is 0 Å². The van der Waals surface area contributed by atoms with Gasteiger partial charge in [0, 0.05) is 39.0 Å². The van der Waals surface area contributed by atoms with E-state index in [4.69, 9.17) is 44.7 Å². The van der Waals surface area contributed by atoms with Gasteiger partial charge in [0.25, 0.3) is 0 Å². The highest BCUT2D eigenvalue weighted by atomic mass is 35.5. The summed E-state index contributed by atoms with van der Waals surface area (Å²) in [6.07, 6.45) is -1.37. The van der Waals surface area contributed by atoms with E-state index >= 15 is 4.39 Å². The molecule has 0 amide bonds. The molecule has 48 heavy (non-hydrogen) atoms. The lowest BCUT2D eigenvalue weighted by molar-refractivity contribution is 0.00724. The second kappa shape index (κ2) is 13.9. The van der Waals surface area contributed by atoms with E-state index < -0.39 is 28.3 Å². The van der Waals surface area contributed by atoms with Crippen LogP contribution in [-0.2, 0) is 30.1 Å². The number of morpholine rings is 1. The Kier molecular flexibility index (Phi) is 10.4. The van der Waals surface area contributed by atoms with Crippen molar-refractivity contribution in [3.8, 4) is 17.1 Å². The molecule has 3 aliphatic rings. The van der Waals surface area contributed by atoms with Gasteiger partial charge in [-0.1, -0.05) is 64.1 Å². The van der Waals surface area contributed by atoms with Gasteiger partial charge in [-0.25, -0.2) is 4.98 Å². The van der Waals surface area contributed by atoms with Crippen LogP contribution in [0.3, 0.4) is 0 Å². The van der Waals surface area contributed by atoms with E-state index in [9.17, 15) is 0 Å². The third kappa shape index (κ3) is 7.51. The summed E-state index contributed by atoms with van der Waals surface area (Å²) >= 11 is 6.87. The summed E-state index contributed by atoms with van der Waals surface area (Å²) in [4.78, 5) is 7.07. The van der Waals surface area contributed by atoms with Crippen LogP contribution in [0, 0.1) is 5.82 Å². The molecule has 0 unspecified atom stereocenters. The molecular weight excluding hydrogens is 669 g/mol. The number of benzene rings is 1. The molecule has 1 aromatic carbocycles. The number of ether oxygens (including phenoxy) is 5. The highest BCUT2D eigenvalue weighted by Crippen LogP contribution is 2.42. The number of pyridine rings is 1. The van der Waals surface area contributed by atoms with Crippen LogP contribution >= 0.6 is 11.6 Å². The molecule has 4 atom stereocenters. The van der Waals surface area contributed by atoms with E-state index in [2.05, 4.69) is 58.4 Å².